The van der Waals surface area contributed by atoms with Crippen LogP contribution in [0.3, 0.4) is 0 Å². The second-order valence-electron chi connectivity index (χ2n) is 7.98. The minimum absolute atomic E-state index is 0. The zero-order valence-corrected chi connectivity index (χ0v) is 28.0. The van der Waals surface area contributed by atoms with E-state index >= 15 is 0 Å². The van der Waals surface area contributed by atoms with E-state index in [1.807, 2.05) is 0 Å². The minimum atomic E-state index is -2.83. The number of allylic oxidation sites excluding steroid dienone is 6. The van der Waals surface area contributed by atoms with Gasteiger partial charge in [0.05, 0.1) is 0 Å². The van der Waals surface area contributed by atoms with Gasteiger partial charge in [-0.2, -0.15) is 26.3 Å². The van der Waals surface area contributed by atoms with E-state index in [2.05, 4.69) is 85.3 Å². The third-order valence-electron chi connectivity index (χ3n) is 5.24. The molecular formula is C25H50O3PtSi3. The molecule has 0 aliphatic heterocycles. The van der Waals surface area contributed by atoms with Gasteiger partial charge in [0, 0.05) is 29.4 Å². The molecule has 1 aliphatic rings. The smallest absolute Gasteiger partial charge is 0.377 e. The molecule has 0 saturated carbocycles. The van der Waals surface area contributed by atoms with Gasteiger partial charge in [-0.3, -0.25) is 6.08 Å². The van der Waals surface area contributed by atoms with Gasteiger partial charge in [0.1, 0.15) is 0 Å². The molecule has 7 heteroatoms. The van der Waals surface area contributed by atoms with Crippen molar-refractivity contribution in [3.8, 4) is 0 Å². The second-order valence-corrected chi connectivity index (χ2v) is 20.3. The van der Waals surface area contributed by atoms with Gasteiger partial charge in [0.15, 0.2) is 0 Å². The second kappa shape index (κ2) is 19.5. The summed E-state index contributed by atoms with van der Waals surface area (Å²) in [5.41, 5.74) is 1.31. The Morgan fingerprint density at radius 2 is 1.16 bits per heavy atom. The molecule has 0 fully saturated rings. The van der Waals surface area contributed by atoms with Crippen LogP contribution >= 0.6 is 0 Å². The molecule has 1 atom stereocenters. The van der Waals surface area contributed by atoms with Crippen LogP contribution in [0.4, 0.5) is 0 Å². The molecule has 3 nitrogen and oxygen atoms in total. The molecule has 0 spiro atoms. The quantitative estimate of drug-likeness (QED) is 0.135. The predicted molar refractivity (Wildman–Crippen MR) is 148 cm³/mol. The maximum atomic E-state index is 5.81. The van der Waals surface area contributed by atoms with Gasteiger partial charge in [0.25, 0.3) is 0 Å². The predicted octanol–water partition coefficient (Wildman–Crippen LogP) is 7.68. The molecule has 1 aliphatic carbocycles. The molecule has 0 saturated heterocycles. The van der Waals surface area contributed by atoms with Crippen LogP contribution in [-0.4, -0.2) is 46.3 Å². The van der Waals surface area contributed by atoms with E-state index in [0.717, 1.165) is 12.1 Å². The van der Waals surface area contributed by atoms with Crippen LogP contribution in [-0.2, 0) is 34.3 Å². The molecule has 0 N–H and O–H groups in total. The standard InChI is InChI=1S/C19H35O3Si3.3C2H5.Pt/c1-11-13-23(7,8)18-15-17(25(20-4,21-5)22-6)16(3)19(18)24(9,10)14-12-2;3*1-2;/h11-12,17H,1-2,13-14H2,3-10H3;3*1H2,2H3;/q4*-1;+4. The summed E-state index contributed by atoms with van der Waals surface area (Å²) in [6.45, 7) is 34.8. The van der Waals surface area contributed by atoms with Crippen LogP contribution < -0.4 is 0 Å². The molecule has 0 aromatic carbocycles. The topological polar surface area (TPSA) is 27.7 Å². The summed E-state index contributed by atoms with van der Waals surface area (Å²) in [5.74, 6) is 0. The van der Waals surface area contributed by atoms with E-state index in [1.165, 1.54) is 16.0 Å². The Labute approximate surface area is 219 Å². The van der Waals surface area contributed by atoms with Crippen LogP contribution in [0.2, 0.25) is 43.8 Å². The summed E-state index contributed by atoms with van der Waals surface area (Å²) in [4.78, 5) is 0. The average Bonchev–Trinajstić information content (AvgIpc) is 3.14. The van der Waals surface area contributed by atoms with Crippen LogP contribution in [0.25, 0.3) is 0 Å². The van der Waals surface area contributed by atoms with Crippen molar-refractivity contribution in [1.29, 1.82) is 0 Å². The van der Waals surface area contributed by atoms with E-state index in [-0.39, 0.29) is 26.6 Å². The molecule has 0 amide bonds. The van der Waals surface area contributed by atoms with Crippen molar-refractivity contribution < 1.29 is 34.3 Å². The van der Waals surface area contributed by atoms with Gasteiger partial charge in [-0.15, -0.1) is 13.2 Å². The Hall–Kier alpha value is 0.179. The summed E-state index contributed by atoms with van der Waals surface area (Å²) < 4.78 is 17.4. The fourth-order valence-corrected chi connectivity index (χ4v) is 13.7. The Kier molecular flexibility index (Phi) is 24.0. The van der Waals surface area contributed by atoms with E-state index in [0.29, 0.717) is 0 Å². The molecule has 32 heavy (non-hydrogen) atoms. The monoisotopic (exact) mass is 677 g/mol. The zero-order valence-electron chi connectivity index (χ0n) is 22.7. The largest absolute Gasteiger partial charge is 4.00 e. The van der Waals surface area contributed by atoms with E-state index in [1.54, 1.807) is 42.1 Å². The molecule has 0 aromatic heterocycles. The maximum absolute atomic E-state index is 5.81. The van der Waals surface area contributed by atoms with E-state index in [9.17, 15) is 0 Å². The van der Waals surface area contributed by atoms with Crippen molar-refractivity contribution in [1.82, 2.24) is 0 Å². The summed E-state index contributed by atoms with van der Waals surface area (Å²) in [5, 5.41) is 2.95. The third-order valence-corrected chi connectivity index (χ3v) is 14.8. The molecular weight excluding hydrogens is 628 g/mol. The maximum Gasteiger partial charge on any atom is 4.00 e. The number of rotatable bonds is 10. The molecule has 0 aromatic rings. The van der Waals surface area contributed by atoms with E-state index in [4.69, 9.17) is 13.3 Å². The van der Waals surface area contributed by atoms with Crippen molar-refractivity contribution in [2.75, 3.05) is 21.3 Å². The van der Waals surface area contributed by atoms with Crippen molar-refractivity contribution in [3.05, 3.63) is 68.1 Å². The summed E-state index contributed by atoms with van der Waals surface area (Å²) in [6, 6.07) is 2.09. The van der Waals surface area contributed by atoms with Gasteiger partial charge in [-0.25, -0.2) is 10.4 Å². The summed E-state index contributed by atoms with van der Waals surface area (Å²) in [6.07, 6.45) is 7.93. The minimum Gasteiger partial charge on any atom is -0.377 e. The van der Waals surface area contributed by atoms with Gasteiger partial charge in [-0.1, -0.05) is 51.3 Å². The van der Waals surface area contributed by atoms with Crippen molar-refractivity contribution in [3.63, 3.8) is 0 Å². The zero-order chi connectivity index (χ0) is 25.5. The van der Waals surface area contributed by atoms with Crippen LogP contribution in [0.5, 0.6) is 0 Å². The Morgan fingerprint density at radius 1 is 0.812 bits per heavy atom. The molecule has 1 rings (SSSR count). The first-order valence-electron chi connectivity index (χ1n) is 10.9. The first-order valence-corrected chi connectivity index (χ1v) is 19.1. The molecule has 0 radical (unpaired) electrons. The average molecular weight is 678 g/mol. The fourth-order valence-electron chi connectivity index (χ4n) is 3.96. The number of hydrogen-bond acceptors (Lipinski definition) is 3. The van der Waals surface area contributed by atoms with Gasteiger partial charge < -0.3 is 34.0 Å². The SMILES string of the molecule is C=CC[Si](C)(C)C1=[C-]C([Si](OC)(OC)OC)C(C)=C1[Si](C)(C)CC=C.[CH2-]C.[CH2-]C.[CH2-]C.[Pt+4]. The molecule has 0 heterocycles. The van der Waals surface area contributed by atoms with Gasteiger partial charge >= 0.3 is 29.9 Å². The molecule has 1 unspecified atom stereocenters. The van der Waals surface area contributed by atoms with Crippen LogP contribution in [0.1, 0.15) is 27.7 Å². The van der Waals surface area contributed by atoms with Gasteiger partial charge in [0.2, 0.25) is 0 Å². The Morgan fingerprint density at radius 3 is 1.47 bits per heavy atom. The first kappa shape index (κ1) is 39.4. The Balaban J connectivity index is -0.000000514. The summed E-state index contributed by atoms with van der Waals surface area (Å²) >= 11 is 0. The molecule has 190 valence electrons. The third kappa shape index (κ3) is 9.81. The van der Waals surface area contributed by atoms with Crippen LogP contribution in [0.15, 0.2) is 41.3 Å². The fraction of sp³-hybridized carbons (Fsp3) is 0.560. The summed E-state index contributed by atoms with van der Waals surface area (Å²) in [7, 11) is -1.14. The van der Waals surface area contributed by atoms with E-state index < -0.39 is 25.0 Å². The van der Waals surface area contributed by atoms with Crippen molar-refractivity contribution in [2.24, 2.45) is 0 Å². The number of hydrogen-bond donors (Lipinski definition) is 0. The van der Waals surface area contributed by atoms with Crippen LogP contribution in [0, 0.1) is 26.8 Å². The Bertz CT molecular complexity index is 573. The van der Waals surface area contributed by atoms with Crippen molar-refractivity contribution >= 4 is 25.0 Å². The molecule has 0 bridgehead atoms. The van der Waals surface area contributed by atoms with Gasteiger partial charge in [-0.05, 0) is 19.7 Å². The normalized spacial score (nSPS) is 15.6. The first-order chi connectivity index (χ1) is 14.6. The van der Waals surface area contributed by atoms with Crippen molar-refractivity contribution in [2.45, 2.75) is 71.5 Å².